The van der Waals surface area contributed by atoms with Gasteiger partial charge in [-0.3, -0.25) is 4.79 Å². The topological polar surface area (TPSA) is 94.0 Å². The van der Waals surface area contributed by atoms with E-state index < -0.39 is 6.04 Å². The van der Waals surface area contributed by atoms with Crippen LogP contribution in [0.5, 0.6) is 0 Å². The molecule has 5 N–H and O–H groups in total. The molecule has 0 radical (unpaired) electrons. The van der Waals surface area contributed by atoms with E-state index in [2.05, 4.69) is 10.3 Å². The van der Waals surface area contributed by atoms with E-state index in [9.17, 15) is 4.79 Å². The zero-order chi connectivity index (χ0) is 16.1. The lowest BCUT2D eigenvalue weighted by atomic mass is 10.0. The number of nitrogen functional groups attached to an aromatic ring is 1. The van der Waals surface area contributed by atoms with Crippen molar-refractivity contribution in [2.45, 2.75) is 32.9 Å². The van der Waals surface area contributed by atoms with Gasteiger partial charge in [0.2, 0.25) is 5.91 Å². The number of rotatable bonds is 5. The van der Waals surface area contributed by atoms with Gasteiger partial charge in [-0.25, -0.2) is 4.98 Å². The van der Waals surface area contributed by atoms with Crippen LogP contribution in [0.4, 0.5) is 5.82 Å². The van der Waals surface area contributed by atoms with Crippen molar-refractivity contribution in [1.82, 2.24) is 10.3 Å². The van der Waals surface area contributed by atoms with E-state index in [1.165, 1.54) is 0 Å². The lowest BCUT2D eigenvalue weighted by Gasteiger charge is -2.13. The van der Waals surface area contributed by atoms with Crippen LogP contribution >= 0.6 is 0 Å². The van der Waals surface area contributed by atoms with Gasteiger partial charge in [0.15, 0.2) is 0 Å². The Morgan fingerprint density at radius 2 is 2.05 bits per heavy atom. The smallest absolute Gasteiger partial charge is 0.237 e. The van der Waals surface area contributed by atoms with Gasteiger partial charge in [-0.1, -0.05) is 35.9 Å². The van der Waals surface area contributed by atoms with E-state index in [0.29, 0.717) is 18.8 Å². The lowest BCUT2D eigenvalue weighted by molar-refractivity contribution is -0.122. The van der Waals surface area contributed by atoms with E-state index >= 15 is 0 Å². The van der Waals surface area contributed by atoms with Crippen molar-refractivity contribution >= 4 is 11.7 Å². The number of aryl methyl sites for hydroxylation is 2. The highest BCUT2D eigenvalue weighted by Gasteiger charge is 2.14. The third-order valence-electron chi connectivity index (χ3n) is 3.54. The maximum atomic E-state index is 12.1. The molecule has 1 heterocycles. The Morgan fingerprint density at radius 3 is 2.73 bits per heavy atom. The molecular weight excluding hydrogens is 276 g/mol. The van der Waals surface area contributed by atoms with Crippen LogP contribution in [0.2, 0.25) is 0 Å². The van der Waals surface area contributed by atoms with Gasteiger partial charge in [-0.2, -0.15) is 0 Å². The number of pyridine rings is 1. The predicted octanol–water partition coefficient (Wildman–Crippen LogP) is 1.47. The van der Waals surface area contributed by atoms with Gasteiger partial charge in [-0.05, 0) is 37.5 Å². The molecular formula is C17H22N4O. The molecule has 0 bridgehead atoms. The highest BCUT2D eigenvalue weighted by Crippen LogP contribution is 2.09. The molecule has 2 aromatic rings. The van der Waals surface area contributed by atoms with Crippen LogP contribution in [0.15, 0.2) is 36.4 Å². The summed E-state index contributed by atoms with van der Waals surface area (Å²) in [6.45, 7) is 4.29. The summed E-state index contributed by atoms with van der Waals surface area (Å²) in [6, 6.07) is 11.0. The SMILES string of the molecule is Cc1cccc(C[C@H](N)C(=O)NCc2ccc(N)nc2C)c1. The fourth-order valence-electron chi connectivity index (χ4n) is 2.30. The molecule has 0 saturated heterocycles. The normalized spacial score (nSPS) is 12.0. The summed E-state index contributed by atoms with van der Waals surface area (Å²) >= 11 is 0. The lowest BCUT2D eigenvalue weighted by Crippen LogP contribution is -2.41. The van der Waals surface area contributed by atoms with Crippen molar-refractivity contribution in [2.24, 2.45) is 5.73 Å². The van der Waals surface area contributed by atoms with E-state index in [-0.39, 0.29) is 5.91 Å². The molecule has 1 amide bonds. The third kappa shape index (κ3) is 4.30. The number of anilines is 1. The minimum absolute atomic E-state index is 0.169. The second-order valence-electron chi connectivity index (χ2n) is 5.50. The fourth-order valence-corrected chi connectivity index (χ4v) is 2.30. The first-order chi connectivity index (χ1) is 10.5. The Hall–Kier alpha value is -2.40. The van der Waals surface area contributed by atoms with E-state index in [1.54, 1.807) is 6.07 Å². The number of hydrogen-bond donors (Lipinski definition) is 3. The minimum atomic E-state index is -0.566. The van der Waals surface area contributed by atoms with Gasteiger partial charge in [-0.15, -0.1) is 0 Å². The number of aromatic nitrogens is 1. The molecule has 1 aromatic heterocycles. The number of nitrogens with one attached hydrogen (secondary N) is 1. The molecule has 22 heavy (non-hydrogen) atoms. The number of nitrogens with two attached hydrogens (primary N) is 2. The molecule has 0 spiro atoms. The largest absolute Gasteiger partial charge is 0.384 e. The van der Waals surface area contributed by atoms with Gasteiger partial charge in [0.05, 0.1) is 6.04 Å². The first-order valence-corrected chi connectivity index (χ1v) is 7.26. The predicted molar refractivity (Wildman–Crippen MR) is 88.1 cm³/mol. The standard InChI is InChI=1S/C17H22N4O/c1-11-4-3-5-13(8-11)9-15(18)17(22)20-10-14-6-7-16(19)21-12(14)2/h3-8,15H,9-10,18H2,1-2H3,(H2,19,21)(H,20,22)/t15-/m0/s1. The summed E-state index contributed by atoms with van der Waals surface area (Å²) in [5, 5.41) is 2.85. The zero-order valence-corrected chi connectivity index (χ0v) is 13.0. The van der Waals surface area contributed by atoms with Crippen molar-refractivity contribution in [1.29, 1.82) is 0 Å². The van der Waals surface area contributed by atoms with Crippen molar-refractivity contribution in [2.75, 3.05) is 5.73 Å². The van der Waals surface area contributed by atoms with Crippen LogP contribution in [0.1, 0.15) is 22.4 Å². The Balaban J connectivity index is 1.91. The highest BCUT2D eigenvalue weighted by atomic mass is 16.2. The Bertz CT molecular complexity index is 669. The van der Waals surface area contributed by atoms with Gasteiger partial charge in [0.25, 0.3) is 0 Å². The van der Waals surface area contributed by atoms with E-state index in [1.807, 2.05) is 44.2 Å². The second kappa shape index (κ2) is 7.04. The Morgan fingerprint density at radius 1 is 1.27 bits per heavy atom. The maximum Gasteiger partial charge on any atom is 0.237 e. The number of amides is 1. The first-order valence-electron chi connectivity index (χ1n) is 7.26. The van der Waals surface area contributed by atoms with Crippen LogP contribution in [0, 0.1) is 13.8 Å². The van der Waals surface area contributed by atoms with Gasteiger partial charge in [0, 0.05) is 12.2 Å². The third-order valence-corrected chi connectivity index (χ3v) is 3.54. The van der Waals surface area contributed by atoms with Gasteiger partial charge >= 0.3 is 0 Å². The molecule has 0 unspecified atom stereocenters. The molecule has 2 rings (SSSR count). The first kappa shape index (κ1) is 16.0. The molecule has 0 aliphatic carbocycles. The van der Waals surface area contributed by atoms with Crippen LogP contribution in [-0.2, 0) is 17.8 Å². The molecule has 0 aliphatic heterocycles. The Labute approximate surface area is 130 Å². The minimum Gasteiger partial charge on any atom is -0.384 e. The zero-order valence-electron chi connectivity index (χ0n) is 13.0. The number of hydrogen-bond acceptors (Lipinski definition) is 4. The molecule has 0 fully saturated rings. The molecule has 1 atom stereocenters. The summed E-state index contributed by atoms with van der Waals surface area (Å²) in [5.41, 5.74) is 15.6. The van der Waals surface area contributed by atoms with Gasteiger partial charge < -0.3 is 16.8 Å². The fraction of sp³-hybridized carbons (Fsp3) is 0.294. The average molecular weight is 298 g/mol. The van der Waals surface area contributed by atoms with Crippen LogP contribution in [0.3, 0.4) is 0 Å². The monoisotopic (exact) mass is 298 g/mol. The summed E-state index contributed by atoms with van der Waals surface area (Å²) in [7, 11) is 0. The molecule has 0 saturated carbocycles. The number of carbonyl (C=O) groups excluding carboxylic acids is 1. The van der Waals surface area contributed by atoms with Crippen molar-refractivity contribution in [3.63, 3.8) is 0 Å². The molecule has 5 heteroatoms. The van der Waals surface area contributed by atoms with E-state index in [0.717, 1.165) is 22.4 Å². The van der Waals surface area contributed by atoms with Crippen LogP contribution in [0.25, 0.3) is 0 Å². The Kier molecular flexibility index (Phi) is 5.12. The molecule has 116 valence electrons. The quantitative estimate of drug-likeness (QED) is 0.779. The van der Waals surface area contributed by atoms with Crippen LogP contribution < -0.4 is 16.8 Å². The molecule has 1 aromatic carbocycles. The maximum absolute atomic E-state index is 12.1. The second-order valence-corrected chi connectivity index (χ2v) is 5.50. The van der Waals surface area contributed by atoms with Crippen molar-refractivity contribution in [3.05, 3.63) is 58.8 Å². The van der Waals surface area contributed by atoms with Crippen molar-refractivity contribution in [3.8, 4) is 0 Å². The van der Waals surface area contributed by atoms with Crippen LogP contribution in [-0.4, -0.2) is 16.9 Å². The number of benzene rings is 1. The summed E-state index contributed by atoms with van der Waals surface area (Å²) in [6.07, 6.45) is 0.520. The number of nitrogens with zero attached hydrogens (tertiary/aromatic N) is 1. The summed E-state index contributed by atoms with van der Waals surface area (Å²) in [5.74, 6) is 0.307. The summed E-state index contributed by atoms with van der Waals surface area (Å²) in [4.78, 5) is 16.3. The average Bonchev–Trinajstić information content (AvgIpc) is 2.46. The van der Waals surface area contributed by atoms with Crippen molar-refractivity contribution < 1.29 is 4.79 Å². The van der Waals surface area contributed by atoms with Gasteiger partial charge in [0.1, 0.15) is 5.82 Å². The number of carbonyl (C=O) groups is 1. The highest BCUT2D eigenvalue weighted by molar-refractivity contribution is 5.81. The van der Waals surface area contributed by atoms with E-state index in [4.69, 9.17) is 11.5 Å². The molecule has 0 aliphatic rings. The summed E-state index contributed by atoms with van der Waals surface area (Å²) < 4.78 is 0. The molecule has 5 nitrogen and oxygen atoms in total.